The van der Waals surface area contributed by atoms with Gasteiger partial charge in [-0.15, -0.1) is 11.8 Å². The van der Waals surface area contributed by atoms with Gasteiger partial charge in [0.15, 0.2) is 0 Å². The zero-order valence-corrected chi connectivity index (χ0v) is 18.3. The molecule has 28 heavy (non-hydrogen) atoms. The van der Waals surface area contributed by atoms with E-state index in [4.69, 9.17) is 9.47 Å². The average molecular weight is 406 g/mol. The number of hydrogen-bond acceptors (Lipinski definition) is 6. The molecule has 0 amide bonds. The lowest BCUT2D eigenvalue weighted by atomic mass is 9.74. The summed E-state index contributed by atoms with van der Waals surface area (Å²) in [6.45, 7) is 9.24. The SMILES string of the molecule is CCSc1ccccc1C(C#N)(CCC(=O)OC(C)C)CCC(=O)OC(C)C. The van der Waals surface area contributed by atoms with E-state index in [1.54, 1.807) is 39.5 Å². The molecule has 1 aromatic carbocycles. The lowest BCUT2D eigenvalue weighted by Gasteiger charge is -2.29. The second-order valence-electron chi connectivity index (χ2n) is 7.20. The standard InChI is InChI=1S/C22H31NO4S/c1-6-28-19-10-8-7-9-18(19)22(15-23,13-11-20(24)26-16(2)3)14-12-21(25)27-17(4)5/h7-10,16-17H,6,11-14H2,1-5H3. The number of nitrogens with zero attached hydrogens (tertiary/aromatic N) is 1. The van der Waals surface area contributed by atoms with Gasteiger partial charge in [-0.3, -0.25) is 9.59 Å². The molecule has 0 spiro atoms. The number of thioether (sulfide) groups is 1. The summed E-state index contributed by atoms with van der Waals surface area (Å²) in [7, 11) is 0. The molecule has 0 aromatic heterocycles. The van der Waals surface area contributed by atoms with Gasteiger partial charge in [0.25, 0.3) is 0 Å². The van der Waals surface area contributed by atoms with Crippen LogP contribution in [-0.4, -0.2) is 29.9 Å². The highest BCUT2D eigenvalue weighted by molar-refractivity contribution is 7.99. The highest BCUT2D eigenvalue weighted by Crippen LogP contribution is 2.39. The maximum atomic E-state index is 12.1. The Morgan fingerprint density at radius 2 is 1.54 bits per heavy atom. The summed E-state index contributed by atoms with van der Waals surface area (Å²) in [4.78, 5) is 25.2. The lowest BCUT2D eigenvalue weighted by Crippen LogP contribution is -2.28. The number of hydrogen-bond donors (Lipinski definition) is 0. The van der Waals surface area contributed by atoms with E-state index in [0.717, 1.165) is 16.2 Å². The molecule has 0 saturated heterocycles. The molecule has 0 aliphatic carbocycles. The van der Waals surface area contributed by atoms with E-state index in [1.165, 1.54) is 0 Å². The summed E-state index contributed by atoms with van der Waals surface area (Å²) in [5.74, 6) is 0.198. The fourth-order valence-corrected chi connectivity index (χ4v) is 3.89. The first-order valence-electron chi connectivity index (χ1n) is 9.76. The molecule has 154 valence electrons. The van der Waals surface area contributed by atoms with Crippen LogP contribution >= 0.6 is 11.8 Å². The number of ether oxygens (including phenoxy) is 2. The van der Waals surface area contributed by atoms with Gasteiger partial charge in [0.1, 0.15) is 0 Å². The molecule has 1 aromatic rings. The normalized spacial score (nSPS) is 11.4. The van der Waals surface area contributed by atoms with Crippen molar-refractivity contribution in [2.45, 2.75) is 82.8 Å². The number of benzene rings is 1. The van der Waals surface area contributed by atoms with E-state index < -0.39 is 5.41 Å². The van der Waals surface area contributed by atoms with Gasteiger partial charge >= 0.3 is 11.9 Å². The highest BCUT2D eigenvalue weighted by atomic mass is 32.2. The molecule has 0 N–H and O–H groups in total. The van der Waals surface area contributed by atoms with Crippen LogP contribution in [0, 0.1) is 11.3 Å². The van der Waals surface area contributed by atoms with Crippen LogP contribution in [0.15, 0.2) is 29.2 Å². The molecule has 0 bridgehead atoms. The fourth-order valence-electron chi connectivity index (χ4n) is 2.98. The first-order chi connectivity index (χ1) is 13.2. The number of esters is 2. The Kier molecular flexibility index (Phi) is 10.1. The molecular weight excluding hydrogens is 374 g/mol. The Bertz CT molecular complexity index is 668. The Morgan fingerprint density at radius 1 is 1.04 bits per heavy atom. The zero-order valence-electron chi connectivity index (χ0n) is 17.5. The fraction of sp³-hybridized carbons (Fsp3) is 0.591. The van der Waals surface area contributed by atoms with Crippen molar-refractivity contribution in [3.8, 4) is 6.07 Å². The minimum Gasteiger partial charge on any atom is -0.463 e. The van der Waals surface area contributed by atoms with Crippen molar-refractivity contribution in [2.75, 3.05) is 5.75 Å². The van der Waals surface area contributed by atoms with E-state index in [-0.39, 0.29) is 37.0 Å². The molecule has 0 unspecified atom stereocenters. The summed E-state index contributed by atoms with van der Waals surface area (Å²) in [6, 6.07) is 10.1. The van der Waals surface area contributed by atoms with Crippen LogP contribution in [0.1, 0.15) is 65.9 Å². The van der Waals surface area contributed by atoms with Gasteiger partial charge in [-0.2, -0.15) is 5.26 Å². The van der Waals surface area contributed by atoms with Crippen LogP contribution < -0.4 is 0 Å². The summed E-state index contributed by atoms with van der Waals surface area (Å²) >= 11 is 1.65. The topological polar surface area (TPSA) is 76.4 Å². The summed E-state index contributed by atoms with van der Waals surface area (Å²) in [6.07, 6.45) is 0.434. The van der Waals surface area contributed by atoms with E-state index in [2.05, 4.69) is 13.0 Å². The lowest BCUT2D eigenvalue weighted by molar-refractivity contribution is -0.147. The van der Waals surface area contributed by atoms with Gasteiger partial charge in [-0.25, -0.2) is 0 Å². The first-order valence-corrected chi connectivity index (χ1v) is 10.7. The minimum absolute atomic E-state index is 0.121. The second-order valence-corrected chi connectivity index (χ2v) is 8.51. The molecule has 0 radical (unpaired) electrons. The third-order valence-corrected chi connectivity index (χ3v) is 5.12. The Labute approximate surface area is 172 Å². The number of carbonyl (C=O) groups is 2. The second kappa shape index (κ2) is 11.8. The van der Waals surface area contributed by atoms with Gasteiger partial charge < -0.3 is 9.47 Å². The summed E-state index contributed by atoms with van der Waals surface area (Å²) < 4.78 is 10.5. The molecule has 0 saturated carbocycles. The Hall–Kier alpha value is -2.00. The molecular formula is C22H31NO4S. The molecule has 1 rings (SSSR count). The van der Waals surface area contributed by atoms with E-state index >= 15 is 0 Å². The third kappa shape index (κ3) is 7.55. The van der Waals surface area contributed by atoms with Crippen LogP contribution in [0.5, 0.6) is 0 Å². The highest BCUT2D eigenvalue weighted by Gasteiger charge is 2.36. The summed E-state index contributed by atoms with van der Waals surface area (Å²) in [5.41, 5.74) is -0.0934. The molecule has 0 atom stereocenters. The Balaban J connectivity index is 3.15. The molecule has 5 nitrogen and oxygen atoms in total. The molecule has 0 aliphatic heterocycles. The van der Waals surface area contributed by atoms with Crippen LogP contribution in [0.25, 0.3) is 0 Å². The van der Waals surface area contributed by atoms with Crippen molar-refractivity contribution >= 4 is 23.7 Å². The monoisotopic (exact) mass is 405 g/mol. The van der Waals surface area contributed by atoms with Crippen LogP contribution in [0.2, 0.25) is 0 Å². The predicted molar refractivity (Wildman–Crippen MR) is 111 cm³/mol. The van der Waals surface area contributed by atoms with Crippen molar-refractivity contribution in [3.63, 3.8) is 0 Å². The minimum atomic E-state index is -0.954. The predicted octanol–water partition coefficient (Wildman–Crippen LogP) is 5.02. The van der Waals surface area contributed by atoms with E-state index in [0.29, 0.717) is 12.8 Å². The molecule has 0 aliphatic rings. The van der Waals surface area contributed by atoms with Crippen molar-refractivity contribution < 1.29 is 19.1 Å². The maximum Gasteiger partial charge on any atom is 0.306 e. The van der Waals surface area contributed by atoms with Crippen molar-refractivity contribution in [1.82, 2.24) is 0 Å². The van der Waals surface area contributed by atoms with Gasteiger partial charge in [-0.1, -0.05) is 25.1 Å². The van der Waals surface area contributed by atoms with Crippen LogP contribution in [0.4, 0.5) is 0 Å². The van der Waals surface area contributed by atoms with Crippen molar-refractivity contribution in [2.24, 2.45) is 0 Å². The summed E-state index contributed by atoms with van der Waals surface area (Å²) in [5, 5.41) is 10.1. The van der Waals surface area contributed by atoms with E-state index in [9.17, 15) is 14.9 Å². The third-order valence-electron chi connectivity index (χ3n) is 4.16. The number of nitriles is 1. The van der Waals surface area contributed by atoms with Gasteiger partial charge in [0, 0.05) is 17.7 Å². The molecule has 0 fully saturated rings. The quantitative estimate of drug-likeness (QED) is 0.380. The molecule has 0 heterocycles. The number of carbonyl (C=O) groups excluding carboxylic acids is 2. The van der Waals surface area contributed by atoms with Crippen LogP contribution in [0.3, 0.4) is 0 Å². The van der Waals surface area contributed by atoms with Crippen molar-refractivity contribution in [3.05, 3.63) is 29.8 Å². The number of rotatable bonds is 11. The smallest absolute Gasteiger partial charge is 0.306 e. The van der Waals surface area contributed by atoms with Gasteiger partial charge in [0.2, 0.25) is 0 Å². The zero-order chi connectivity index (χ0) is 21.2. The van der Waals surface area contributed by atoms with Crippen molar-refractivity contribution in [1.29, 1.82) is 5.26 Å². The van der Waals surface area contributed by atoms with Crippen LogP contribution in [-0.2, 0) is 24.5 Å². The molecule has 6 heteroatoms. The first kappa shape index (κ1) is 24.0. The largest absolute Gasteiger partial charge is 0.463 e. The van der Waals surface area contributed by atoms with E-state index in [1.807, 2.05) is 24.3 Å². The van der Waals surface area contributed by atoms with Gasteiger partial charge in [-0.05, 0) is 57.9 Å². The maximum absolute atomic E-state index is 12.1. The van der Waals surface area contributed by atoms with Gasteiger partial charge in [0.05, 0.1) is 23.7 Å². The average Bonchev–Trinajstić information content (AvgIpc) is 2.62. The Morgan fingerprint density at radius 3 is 1.96 bits per heavy atom.